The molecule has 1 aromatic carbocycles. The summed E-state index contributed by atoms with van der Waals surface area (Å²) in [4.78, 5) is 28.6. The molecule has 0 saturated carbocycles. The van der Waals surface area contributed by atoms with E-state index in [9.17, 15) is 14.0 Å². The van der Waals surface area contributed by atoms with Crippen molar-refractivity contribution in [1.29, 1.82) is 0 Å². The quantitative estimate of drug-likeness (QED) is 0.891. The summed E-state index contributed by atoms with van der Waals surface area (Å²) in [6.45, 7) is 5.19. The zero-order valence-electron chi connectivity index (χ0n) is 14.5. The molecule has 3 amide bonds. The smallest absolute Gasteiger partial charge is 0.321 e. The van der Waals surface area contributed by atoms with Crippen molar-refractivity contribution in [2.75, 3.05) is 44.7 Å². The standard InChI is InChI=1S/C18H24FN3O3/c1-13-4-5-15(19)11-16(13)20-18(24)22-6-2-3-14(12-22)17(23)21-7-9-25-10-8-21/h4-5,11,14H,2-3,6-10,12H2,1H3,(H,20,24). The van der Waals surface area contributed by atoms with Crippen LogP contribution in [0.15, 0.2) is 18.2 Å². The van der Waals surface area contributed by atoms with E-state index in [1.54, 1.807) is 11.0 Å². The van der Waals surface area contributed by atoms with Crippen LogP contribution in [0.3, 0.4) is 0 Å². The van der Waals surface area contributed by atoms with E-state index in [0.717, 1.165) is 18.4 Å². The topological polar surface area (TPSA) is 61.9 Å². The average molecular weight is 349 g/mol. The fourth-order valence-corrected chi connectivity index (χ4v) is 3.33. The summed E-state index contributed by atoms with van der Waals surface area (Å²) in [5.74, 6) is -0.464. The summed E-state index contributed by atoms with van der Waals surface area (Å²) >= 11 is 0. The van der Waals surface area contributed by atoms with E-state index in [1.165, 1.54) is 12.1 Å². The molecule has 0 aromatic heterocycles. The number of nitrogens with one attached hydrogen (secondary N) is 1. The second kappa shape index (κ2) is 7.82. The van der Waals surface area contributed by atoms with Gasteiger partial charge in [0, 0.05) is 31.9 Å². The van der Waals surface area contributed by atoms with Crippen molar-refractivity contribution in [3.8, 4) is 0 Å². The molecule has 1 unspecified atom stereocenters. The fourth-order valence-electron chi connectivity index (χ4n) is 3.33. The number of amides is 3. The lowest BCUT2D eigenvalue weighted by molar-refractivity contribution is -0.141. The monoisotopic (exact) mass is 349 g/mol. The molecule has 1 N–H and O–H groups in total. The van der Waals surface area contributed by atoms with E-state index in [0.29, 0.717) is 45.1 Å². The van der Waals surface area contributed by atoms with E-state index < -0.39 is 0 Å². The number of urea groups is 1. The molecular weight excluding hydrogens is 325 g/mol. The maximum absolute atomic E-state index is 13.4. The number of ether oxygens (including phenoxy) is 1. The predicted molar refractivity (Wildman–Crippen MR) is 91.9 cm³/mol. The molecule has 2 fully saturated rings. The van der Waals surface area contributed by atoms with E-state index in [4.69, 9.17) is 4.74 Å². The second-order valence-corrected chi connectivity index (χ2v) is 6.61. The third-order valence-corrected chi connectivity index (χ3v) is 4.82. The second-order valence-electron chi connectivity index (χ2n) is 6.61. The van der Waals surface area contributed by atoms with E-state index >= 15 is 0 Å². The number of halogens is 1. The molecule has 136 valence electrons. The number of morpholine rings is 1. The van der Waals surface area contributed by atoms with Gasteiger partial charge < -0.3 is 19.9 Å². The number of carbonyl (C=O) groups is 2. The number of piperidine rings is 1. The van der Waals surface area contributed by atoms with Gasteiger partial charge in [0.05, 0.1) is 19.1 Å². The number of carbonyl (C=O) groups excluding carboxylic acids is 2. The summed E-state index contributed by atoms with van der Waals surface area (Å²) in [6.07, 6.45) is 1.58. The van der Waals surface area contributed by atoms with Crippen LogP contribution in [0.2, 0.25) is 0 Å². The summed E-state index contributed by atoms with van der Waals surface area (Å²) in [7, 11) is 0. The Morgan fingerprint density at radius 1 is 1.20 bits per heavy atom. The van der Waals surface area contributed by atoms with Gasteiger partial charge in [0.25, 0.3) is 0 Å². The summed E-state index contributed by atoms with van der Waals surface area (Å²) in [5, 5.41) is 2.76. The van der Waals surface area contributed by atoms with Gasteiger partial charge in [-0.15, -0.1) is 0 Å². The molecule has 1 atom stereocenters. The molecule has 2 heterocycles. The summed E-state index contributed by atoms with van der Waals surface area (Å²) < 4.78 is 18.7. The molecule has 0 bridgehead atoms. The number of benzene rings is 1. The number of nitrogens with zero attached hydrogens (tertiary/aromatic N) is 2. The molecular formula is C18H24FN3O3. The van der Waals surface area contributed by atoms with Gasteiger partial charge in [-0.1, -0.05) is 6.07 Å². The van der Waals surface area contributed by atoms with E-state index in [-0.39, 0.29) is 23.7 Å². The van der Waals surface area contributed by atoms with Crippen LogP contribution in [0.25, 0.3) is 0 Å². The molecule has 0 radical (unpaired) electrons. The molecule has 25 heavy (non-hydrogen) atoms. The van der Waals surface area contributed by atoms with Crippen molar-refractivity contribution in [2.45, 2.75) is 19.8 Å². The molecule has 0 aliphatic carbocycles. The molecule has 7 heteroatoms. The number of rotatable bonds is 2. The lowest BCUT2D eigenvalue weighted by Crippen LogP contribution is -2.50. The fraction of sp³-hybridized carbons (Fsp3) is 0.556. The Balaban J connectivity index is 1.61. The van der Waals surface area contributed by atoms with Crippen molar-refractivity contribution in [3.63, 3.8) is 0 Å². The van der Waals surface area contributed by atoms with Gasteiger partial charge in [0.1, 0.15) is 5.82 Å². The van der Waals surface area contributed by atoms with E-state index in [2.05, 4.69) is 5.32 Å². The summed E-state index contributed by atoms with van der Waals surface area (Å²) in [5.41, 5.74) is 1.26. The van der Waals surface area contributed by atoms with Crippen molar-refractivity contribution < 1.29 is 18.7 Å². The Kier molecular flexibility index (Phi) is 5.53. The van der Waals surface area contributed by atoms with Gasteiger partial charge in [-0.2, -0.15) is 0 Å². The Morgan fingerprint density at radius 2 is 1.96 bits per heavy atom. The minimum Gasteiger partial charge on any atom is -0.378 e. The Hall–Kier alpha value is -2.15. The zero-order chi connectivity index (χ0) is 17.8. The number of aryl methyl sites for hydroxylation is 1. The summed E-state index contributed by atoms with van der Waals surface area (Å²) in [6, 6.07) is 4.02. The van der Waals surface area contributed by atoms with E-state index in [1.807, 2.05) is 11.8 Å². The van der Waals surface area contributed by atoms with Gasteiger partial charge in [-0.25, -0.2) is 9.18 Å². The van der Waals surface area contributed by atoms with Gasteiger partial charge in [-0.3, -0.25) is 4.79 Å². The highest BCUT2D eigenvalue weighted by Gasteiger charge is 2.32. The number of likely N-dealkylation sites (tertiary alicyclic amines) is 1. The number of hydrogen-bond acceptors (Lipinski definition) is 3. The highest BCUT2D eigenvalue weighted by atomic mass is 19.1. The van der Waals surface area contributed by atoms with Crippen molar-refractivity contribution in [1.82, 2.24) is 9.80 Å². The molecule has 2 aliphatic rings. The van der Waals surface area contributed by atoms with Crippen LogP contribution in [0.1, 0.15) is 18.4 Å². The Morgan fingerprint density at radius 3 is 2.72 bits per heavy atom. The van der Waals surface area contributed by atoms with Crippen LogP contribution >= 0.6 is 0 Å². The Labute approximate surface area is 146 Å². The largest absolute Gasteiger partial charge is 0.378 e. The highest BCUT2D eigenvalue weighted by molar-refractivity contribution is 5.90. The van der Waals surface area contributed by atoms with Crippen molar-refractivity contribution >= 4 is 17.6 Å². The lowest BCUT2D eigenvalue weighted by atomic mass is 9.96. The molecule has 2 aliphatic heterocycles. The van der Waals surface area contributed by atoms with Gasteiger partial charge in [-0.05, 0) is 37.5 Å². The third-order valence-electron chi connectivity index (χ3n) is 4.82. The van der Waals surface area contributed by atoms with Crippen molar-refractivity contribution in [3.05, 3.63) is 29.6 Å². The first-order valence-corrected chi connectivity index (χ1v) is 8.73. The van der Waals surface area contributed by atoms with Crippen LogP contribution in [0.5, 0.6) is 0 Å². The minimum absolute atomic E-state index is 0.0998. The first-order chi connectivity index (χ1) is 12.0. The predicted octanol–water partition coefficient (Wildman–Crippen LogP) is 2.24. The molecule has 2 saturated heterocycles. The van der Waals surface area contributed by atoms with Gasteiger partial charge >= 0.3 is 6.03 Å². The molecule has 3 rings (SSSR count). The Bertz CT molecular complexity index is 646. The minimum atomic E-state index is -0.389. The highest BCUT2D eigenvalue weighted by Crippen LogP contribution is 2.22. The first-order valence-electron chi connectivity index (χ1n) is 8.73. The van der Waals surface area contributed by atoms with Crippen LogP contribution in [-0.4, -0.2) is 61.1 Å². The van der Waals surface area contributed by atoms with Gasteiger partial charge in [0.15, 0.2) is 0 Å². The first kappa shape index (κ1) is 17.7. The van der Waals surface area contributed by atoms with Gasteiger partial charge in [0.2, 0.25) is 5.91 Å². The van der Waals surface area contributed by atoms with Crippen LogP contribution < -0.4 is 5.32 Å². The zero-order valence-corrected chi connectivity index (χ0v) is 14.5. The van der Waals surface area contributed by atoms with Crippen LogP contribution in [-0.2, 0) is 9.53 Å². The molecule has 1 aromatic rings. The average Bonchev–Trinajstić information content (AvgIpc) is 2.65. The SMILES string of the molecule is Cc1ccc(F)cc1NC(=O)N1CCCC(C(=O)N2CCOCC2)C1. The number of hydrogen-bond donors (Lipinski definition) is 1. The molecule has 6 nitrogen and oxygen atoms in total. The van der Waals surface area contributed by atoms with Crippen molar-refractivity contribution in [2.24, 2.45) is 5.92 Å². The lowest BCUT2D eigenvalue weighted by Gasteiger charge is -2.36. The third kappa shape index (κ3) is 4.28. The maximum Gasteiger partial charge on any atom is 0.321 e. The normalized spacial score (nSPS) is 21.1. The van der Waals surface area contributed by atoms with Crippen LogP contribution in [0, 0.1) is 18.7 Å². The molecule has 0 spiro atoms. The number of anilines is 1. The van der Waals surface area contributed by atoms with Crippen LogP contribution in [0.4, 0.5) is 14.9 Å². The maximum atomic E-state index is 13.4.